The molecule has 1 aliphatic rings. The van der Waals surface area contributed by atoms with E-state index in [0.29, 0.717) is 31.6 Å². The summed E-state index contributed by atoms with van der Waals surface area (Å²) in [5.74, 6) is 0.0873. The fourth-order valence-electron chi connectivity index (χ4n) is 4.46. The van der Waals surface area contributed by atoms with Gasteiger partial charge in [-0.3, -0.25) is 4.79 Å². The van der Waals surface area contributed by atoms with Crippen molar-refractivity contribution in [1.29, 1.82) is 5.26 Å². The maximum atomic E-state index is 13.3. The second-order valence-electron chi connectivity index (χ2n) is 8.88. The van der Waals surface area contributed by atoms with Crippen LogP contribution in [0.3, 0.4) is 0 Å². The van der Waals surface area contributed by atoms with Gasteiger partial charge in [-0.25, -0.2) is 0 Å². The van der Waals surface area contributed by atoms with Crippen molar-refractivity contribution in [1.82, 2.24) is 4.90 Å². The Morgan fingerprint density at radius 3 is 2.18 bits per heavy atom. The standard InChI is InChI=1S/C26H29F3N2O3/c1-25(33,26(27,28)29)22-11-7-21(8-12-22)24(32)31(15-16-34-2)23-13-9-20(10-14-23)19-5-3-18(17-30)4-6-19/h3-8,11-12,20,23,33H,9-10,13-16H2,1-2H3/t20-,23+,25-/m0/s1. The van der Waals surface area contributed by atoms with Crippen molar-refractivity contribution in [2.75, 3.05) is 20.3 Å². The first kappa shape index (κ1) is 25.7. The number of benzene rings is 2. The molecule has 0 aliphatic heterocycles. The molecule has 0 spiro atoms. The predicted octanol–water partition coefficient (Wildman–Crippen LogP) is 5.14. The van der Waals surface area contributed by atoms with Gasteiger partial charge >= 0.3 is 6.18 Å². The number of nitrogens with zero attached hydrogens (tertiary/aromatic N) is 2. The Labute approximate surface area is 197 Å². The zero-order valence-electron chi connectivity index (χ0n) is 19.3. The summed E-state index contributed by atoms with van der Waals surface area (Å²) < 4.78 is 44.6. The van der Waals surface area contributed by atoms with Gasteiger partial charge in [0.15, 0.2) is 5.60 Å². The molecule has 1 fully saturated rings. The first-order valence-electron chi connectivity index (χ1n) is 11.3. The highest BCUT2D eigenvalue weighted by Crippen LogP contribution is 2.39. The number of methoxy groups -OCH3 is 1. The molecule has 1 atom stereocenters. The summed E-state index contributed by atoms with van der Waals surface area (Å²) in [5.41, 5.74) is -1.24. The molecule has 0 aromatic heterocycles. The van der Waals surface area contributed by atoms with Crippen molar-refractivity contribution in [3.05, 3.63) is 70.8 Å². The number of carbonyl (C=O) groups excluding carboxylic acids is 1. The van der Waals surface area contributed by atoms with Crippen LogP contribution in [0.5, 0.6) is 0 Å². The van der Waals surface area contributed by atoms with Gasteiger partial charge in [0.25, 0.3) is 5.91 Å². The lowest BCUT2D eigenvalue weighted by Crippen LogP contribution is -2.44. The first-order chi connectivity index (χ1) is 16.1. The molecule has 5 nitrogen and oxygen atoms in total. The fraction of sp³-hybridized carbons (Fsp3) is 0.462. The Morgan fingerprint density at radius 2 is 1.68 bits per heavy atom. The number of hydrogen-bond acceptors (Lipinski definition) is 4. The van der Waals surface area contributed by atoms with E-state index >= 15 is 0 Å². The predicted molar refractivity (Wildman–Crippen MR) is 121 cm³/mol. The van der Waals surface area contributed by atoms with E-state index in [2.05, 4.69) is 6.07 Å². The number of nitriles is 1. The molecule has 1 saturated carbocycles. The van der Waals surface area contributed by atoms with Crippen LogP contribution in [0, 0.1) is 11.3 Å². The van der Waals surface area contributed by atoms with Crippen LogP contribution in [-0.4, -0.2) is 48.4 Å². The molecule has 8 heteroatoms. The van der Waals surface area contributed by atoms with Crippen molar-refractivity contribution in [2.45, 2.75) is 56.3 Å². The third-order valence-electron chi connectivity index (χ3n) is 6.69. The average molecular weight is 475 g/mol. The SMILES string of the molecule is COCCN(C(=O)c1ccc([C@](C)(O)C(F)(F)F)cc1)[C@H]1CC[C@@H](c2ccc(C#N)cc2)CC1. The lowest BCUT2D eigenvalue weighted by Gasteiger charge is -2.37. The lowest BCUT2D eigenvalue weighted by molar-refractivity contribution is -0.258. The summed E-state index contributed by atoms with van der Waals surface area (Å²) in [7, 11) is 1.55. The molecule has 1 N–H and O–H groups in total. The number of carbonyl (C=O) groups is 1. The van der Waals surface area contributed by atoms with Crippen LogP contribution in [-0.2, 0) is 10.3 Å². The van der Waals surface area contributed by atoms with Crippen LogP contribution in [0.25, 0.3) is 0 Å². The maximum Gasteiger partial charge on any atom is 0.421 e. The largest absolute Gasteiger partial charge is 0.421 e. The minimum atomic E-state index is -4.82. The molecule has 2 aromatic rings. The highest BCUT2D eigenvalue weighted by Gasteiger charge is 2.51. The highest BCUT2D eigenvalue weighted by molar-refractivity contribution is 5.94. The molecule has 0 radical (unpaired) electrons. The van der Waals surface area contributed by atoms with E-state index in [-0.39, 0.29) is 23.1 Å². The molecule has 3 rings (SSSR count). The van der Waals surface area contributed by atoms with E-state index in [4.69, 9.17) is 10.00 Å². The number of amides is 1. The number of halogens is 3. The zero-order valence-corrected chi connectivity index (χ0v) is 19.3. The number of ether oxygens (including phenoxy) is 1. The molecule has 0 heterocycles. The van der Waals surface area contributed by atoms with Gasteiger partial charge in [0, 0.05) is 25.3 Å². The van der Waals surface area contributed by atoms with Gasteiger partial charge in [-0.15, -0.1) is 0 Å². The van der Waals surface area contributed by atoms with Crippen LogP contribution < -0.4 is 0 Å². The van der Waals surface area contributed by atoms with Crippen LogP contribution in [0.4, 0.5) is 13.2 Å². The smallest absolute Gasteiger partial charge is 0.383 e. The number of rotatable bonds is 7. The Hall–Kier alpha value is -2.89. The summed E-state index contributed by atoms with van der Waals surface area (Å²) >= 11 is 0. The molecule has 0 saturated heterocycles. The monoisotopic (exact) mass is 474 g/mol. The summed E-state index contributed by atoms with van der Waals surface area (Å²) in [4.78, 5) is 15.0. The van der Waals surface area contributed by atoms with Crippen LogP contribution in [0.2, 0.25) is 0 Å². The van der Waals surface area contributed by atoms with E-state index in [1.807, 2.05) is 24.3 Å². The Bertz CT molecular complexity index is 1000. The Balaban J connectivity index is 1.72. The lowest BCUT2D eigenvalue weighted by atomic mass is 9.81. The van der Waals surface area contributed by atoms with Crippen molar-refractivity contribution >= 4 is 5.91 Å². The molecular weight excluding hydrogens is 445 g/mol. The maximum absolute atomic E-state index is 13.3. The van der Waals surface area contributed by atoms with E-state index in [0.717, 1.165) is 37.8 Å². The minimum absolute atomic E-state index is 0.00441. The highest BCUT2D eigenvalue weighted by atomic mass is 19.4. The van der Waals surface area contributed by atoms with Crippen LogP contribution in [0.15, 0.2) is 48.5 Å². The molecule has 1 amide bonds. The molecule has 0 unspecified atom stereocenters. The van der Waals surface area contributed by atoms with Crippen LogP contribution >= 0.6 is 0 Å². The minimum Gasteiger partial charge on any atom is -0.383 e. The molecule has 182 valence electrons. The molecule has 1 aliphatic carbocycles. The number of alkyl halides is 3. The number of aliphatic hydroxyl groups is 1. The van der Waals surface area contributed by atoms with Crippen molar-refractivity contribution in [3.8, 4) is 6.07 Å². The fourth-order valence-corrected chi connectivity index (χ4v) is 4.46. The van der Waals surface area contributed by atoms with Gasteiger partial charge in [-0.05, 0) is 73.9 Å². The van der Waals surface area contributed by atoms with E-state index in [1.54, 1.807) is 12.0 Å². The Morgan fingerprint density at radius 1 is 1.09 bits per heavy atom. The second-order valence-corrected chi connectivity index (χ2v) is 8.88. The normalized spacial score (nSPS) is 20.3. The third kappa shape index (κ3) is 5.60. The quantitative estimate of drug-likeness (QED) is 0.603. The summed E-state index contributed by atoms with van der Waals surface area (Å²) in [5, 5.41) is 18.9. The molecule has 34 heavy (non-hydrogen) atoms. The summed E-state index contributed by atoms with van der Waals surface area (Å²) in [6.07, 6.45) is -1.46. The average Bonchev–Trinajstić information content (AvgIpc) is 2.84. The first-order valence-corrected chi connectivity index (χ1v) is 11.3. The molecule has 2 aromatic carbocycles. The third-order valence-corrected chi connectivity index (χ3v) is 6.69. The topological polar surface area (TPSA) is 73.6 Å². The van der Waals surface area contributed by atoms with Gasteiger partial charge in [0.05, 0.1) is 18.2 Å². The van der Waals surface area contributed by atoms with Gasteiger partial charge in [-0.1, -0.05) is 24.3 Å². The number of hydrogen-bond donors (Lipinski definition) is 1. The molecule has 0 bridgehead atoms. The van der Waals surface area contributed by atoms with Gasteiger partial charge in [0.1, 0.15) is 0 Å². The van der Waals surface area contributed by atoms with Crippen molar-refractivity contribution in [3.63, 3.8) is 0 Å². The van der Waals surface area contributed by atoms with E-state index in [9.17, 15) is 23.1 Å². The van der Waals surface area contributed by atoms with E-state index < -0.39 is 11.8 Å². The summed E-state index contributed by atoms with van der Waals surface area (Å²) in [6.45, 7) is 1.42. The van der Waals surface area contributed by atoms with Crippen LogP contribution in [0.1, 0.15) is 65.6 Å². The van der Waals surface area contributed by atoms with Crippen molar-refractivity contribution < 1.29 is 27.8 Å². The van der Waals surface area contributed by atoms with Gasteiger partial charge in [0.2, 0.25) is 0 Å². The van der Waals surface area contributed by atoms with Gasteiger partial charge < -0.3 is 14.7 Å². The van der Waals surface area contributed by atoms with Gasteiger partial charge in [-0.2, -0.15) is 18.4 Å². The van der Waals surface area contributed by atoms with Crippen molar-refractivity contribution in [2.24, 2.45) is 0 Å². The van der Waals surface area contributed by atoms with E-state index in [1.165, 1.54) is 17.7 Å². The second kappa shape index (κ2) is 10.6. The molecular formula is C26H29F3N2O3. The zero-order chi connectivity index (χ0) is 24.9. The Kier molecular flexibility index (Phi) is 8.01. The summed E-state index contributed by atoms with van der Waals surface area (Å²) in [6, 6.07) is 14.7.